The molecule has 2 aliphatic carbocycles. The number of allylic oxidation sites excluding steroid dienone is 5. The number of rotatable bonds is 8. The van der Waals surface area contributed by atoms with Gasteiger partial charge in [-0.2, -0.15) is 0 Å². The van der Waals surface area contributed by atoms with Gasteiger partial charge >= 0.3 is 0 Å². The average molecular weight is 486 g/mol. The van der Waals surface area contributed by atoms with Crippen molar-refractivity contribution in [2.24, 2.45) is 5.92 Å². The topological polar surface area (TPSA) is 23.5 Å². The van der Waals surface area contributed by atoms with E-state index in [-0.39, 0.29) is 6.67 Å². The first-order valence-electron chi connectivity index (χ1n) is 13.9. The zero-order chi connectivity index (χ0) is 24.9. The molecule has 0 bridgehead atoms. The van der Waals surface area contributed by atoms with E-state index in [1.807, 2.05) is 12.1 Å². The van der Waals surface area contributed by atoms with Crippen molar-refractivity contribution < 1.29 is 9.50 Å². The van der Waals surface area contributed by atoms with Crippen molar-refractivity contribution in [2.45, 2.75) is 64.7 Å². The molecule has 1 N–H and O–H groups in total. The SMILES string of the molecule is CC1=C(C2=C(c3ccc(CC[C@H]4CCN(CCCF)C4)cc3)c3ccc(O)cc3CCC2)C=CCC1. The third-order valence-corrected chi connectivity index (χ3v) is 8.35. The molecule has 3 heteroatoms. The highest BCUT2D eigenvalue weighted by atomic mass is 19.1. The second-order valence-corrected chi connectivity index (χ2v) is 10.9. The minimum atomic E-state index is -0.204. The number of phenols is 1. The molecule has 0 unspecified atom stereocenters. The number of aromatic hydroxyl groups is 1. The molecule has 36 heavy (non-hydrogen) atoms. The Morgan fingerprint density at radius 1 is 1.06 bits per heavy atom. The number of phenolic OH excluding ortho intramolecular Hbond substituents is 1. The van der Waals surface area contributed by atoms with E-state index in [9.17, 15) is 9.50 Å². The van der Waals surface area contributed by atoms with E-state index in [2.05, 4.69) is 54.3 Å². The Hall–Kier alpha value is -2.65. The van der Waals surface area contributed by atoms with E-state index in [4.69, 9.17) is 0 Å². The van der Waals surface area contributed by atoms with Gasteiger partial charge in [0.2, 0.25) is 0 Å². The van der Waals surface area contributed by atoms with Gasteiger partial charge in [-0.3, -0.25) is 4.39 Å². The van der Waals surface area contributed by atoms with Crippen LogP contribution in [0.25, 0.3) is 5.57 Å². The molecule has 1 saturated heterocycles. The van der Waals surface area contributed by atoms with Crippen LogP contribution in [0.1, 0.15) is 74.1 Å². The number of nitrogens with zero attached hydrogens (tertiary/aromatic N) is 1. The summed E-state index contributed by atoms with van der Waals surface area (Å²) < 4.78 is 12.5. The summed E-state index contributed by atoms with van der Waals surface area (Å²) in [7, 11) is 0. The first-order chi connectivity index (χ1) is 17.6. The van der Waals surface area contributed by atoms with Gasteiger partial charge in [0.05, 0.1) is 6.67 Å². The summed E-state index contributed by atoms with van der Waals surface area (Å²) in [5, 5.41) is 10.2. The van der Waals surface area contributed by atoms with E-state index < -0.39 is 0 Å². The van der Waals surface area contributed by atoms with Gasteiger partial charge in [-0.15, -0.1) is 0 Å². The predicted molar refractivity (Wildman–Crippen MR) is 148 cm³/mol. The smallest absolute Gasteiger partial charge is 0.115 e. The molecule has 0 amide bonds. The lowest BCUT2D eigenvalue weighted by atomic mass is 9.83. The van der Waals surface area contributed by atoms with Crippen LogP contribution in [0.5, 0.6) is 5.75 Å². The van der Waals surface area contributed by atoms with E-state index in [0.29, 0.717) is 12.2 Å². The first-order valence-corrected chi connectivity index (χ1v) is 13.9. The fraction of sp³-hybridized carbons (Fsp3) is 0.455. The van der Waals surface area contributed by atoms with E-state index in [0.717, 1.165) is 64.1 Å². The maximum absolute atomic E-state index is 12.5. The Morgan fingerprint density at radius 2 is 1.92 bits per heavy atom. The van der Waals surface area contributed by atoms with Crippen molar-refractivity contribution in [1.29, 1.82) is 0 Å². The number of hydrogen-bond acceptors (Lipinski definition) is 2. The summed E-state index contributed by atoms with van der Waals surface area (Å²) in [4.78, 5) is 2.43. The molecule has 0 saturated carbocycles. The number of alkyl halides is 1. The fourth-order valence-corrected chi connectivity index (χ4v) is 6.35. The number of likely N-dealkylation sites (tertiary alicyclic amines) is 1. The van der Waals surface area contributed by atoms with Crippen LogP contribution in [0.3, 0.4) is 0 Å². The van der Waals surface area contributed by atoms with Crippen LogP contribution in [0.2, 0.25) is 0 Å². The second-order valence-electron chi connectivity index (χ2n) is 10.9. The summed E-state index contributed by atoms with van der Waals surface area (Å²) >= 11 is 0. The quantitative estimate of drug-likeness (QED) is 0.412. The molecule has 1 fully saturated rings. The van der Waals surface area contributed by atoms with Gasteiger partial charge in [-0.1, -0.05) is 48.1 Å². The molecule has 5 rings (SSSR count). The monoisotopic (exact) mass is 485 g/mol. The minimum Gasteiger partial charge on any atom is -0.508 e. The molecule has 190 valence electrons. The lowest BCUT2D eigenvalue weighted by Gasteiger charge is -2.21. The van der Waals surface area contributed by atoms with Gasteiger partial charge in [0, 0.05) is 13.1 Å². The van der Waals surface area contributed by atoms with Gasteiger partial charge in [-0.25, -0.2) is 0 Å². The third-order valence-electron chi connectivity index (χ3n) is 8.35. The number of halogens is 1. The summed E-state index contributed by atoms with van der Waals surface area (Å²) in [5.41, 5.74) is 10.9. The molecule has 2 nitrogen and oxygen atoms in total. The molecular formula is C33H40FNO. The molecule has 0 radical (unpaired) electrons. The highest BCUT2D eigenvalue weighted by Gasteiger charge is 2.24. The highest BCUT2D eigenvalue weighted by Crippen LogP contribution is 2.41. The maximum atomic E-state index is 12.5. The summed E-state index contributed by atoms with van der Waals surface area (Å²) in [6.07, 6.45) is 14.3. The van der Waals surface area contributed by atoms with Crippen molar-refractivity contribution in [1.82, 2.24) is 4.90 Å². The van der Waals surface area contributed by atoms with Crippen molar-refractivity contribution in [3.05, 3.63) is 93.6 Å². The predicted octanol–water partition coefficient (Wildman–Crippen LogP) is 7.81. The fourth-order valence-electron chi connectivity index (χ4n) is 6.35. The number of fused-ring (bicyclic) bond motifs is 1. The molecule has 1 atom stereocenters. The zero-order valence-corrected chi connectivity index (χ0v) is 21.7. The van der Waals surface area contributed by atoms with Gasteiger partial charge in [0.1, 0.15) is 5.75 Å². The van der Waals surface area contributed by atoms with E-state index in [1.165, 1.54) is 57.4 Å². The summed E-state index contributed by atoms with van der Waals surface area (Å²) in [5.74, 6) is 1.09. The lowest BCUT2D eigenvalue weighted by Crippen LogP contribution is -2.22. The van der Waals surface area contributed by atoms with Crippen LogP contribution in [0.15, 0.2) is 71.3 Å². The van der Waals surface area contributed by atoms with Gasteiger partial charge in [0.15, 0.2) is 0 Å². The first kappa shape index (κ1) is 25.0. The molecule has 2 aromatic rings. The Bertz CT molecular complexity index is 1160. The van der Waals surface area contributed by atoms with Crippen molar-refractivity contribution >= 4 is 5.57 Å². The van der Waals surface area contributed by atoms with Crippen LogP contribution in [0, 0.1) is 5.92 Å². The van der Waals surface area contributed by atoms with Crippen LogP contribution in [0.4, 0.5) is 4.39 Å². The Morgan fingerprint density at radius 3 is 2.72 bits per heavy atom. The maximum Gasteiger partial charge on any atom is 0.115 e. The van der Waals surface area contributed by atoms with Gasteiger partial charge in [-0.05, 0) is 128 Å². The van der Waals surface area contributed by atoms with Crippen molar-refractivity contribution in [3.63, 3.8) is 0 Å². The van der Waals surface area contributed by atoms with E-state index in [1.54, 1.807) is 0 Å². The number of hydrogen-bond donors (Lipinski definition) is 1. The number of benzene rings is 2. The standard InChI is InChI=1S/C33H40FNO/c1-24-6-2-3-8-30(24)32-9-4-7-28-22-29(36)16-17-31(28)33(32)27-14-12-25(13-15-27)10-11-26-18-21-35(23-26)20-5-19-34/h3,8,12-17,22,26,36H,2,4-7,9-11,18-21,23H2,1H3/t26-/m0/s1. The molecule has 1 aliphatic heterocycles. The molecule has 0 aromatic heterocycles. The number of aryl methyl sites for hydroxylation is 2. The summed E-state index contributed by atoms with van der Waals surface area (Å²) in [6, 6.07) is 15.2. The molecule has 1 heterocycles. The normalized spacial score (nSPS) is 20.7. The van der Waals surface area contributed by atoms with Crippen LogP contribution in [-0.4, -0.2) is 36.3 Å². The average Bonchev–Trinajstić information content (AvgIpc) is 3.27. The Labute approximate surface area is 216 Å². The second kappa shape index (κ2) is 11.6. The summed E-state index contributed by atoms with van der Waals surface area (Å²) in [6.45, 7) is 5.24. The highest BCUT2D eigenvalue weighted by molar-refractivity contribution is 5.87. The lowest BCUT2D eigenvalue weighted by molar-refractivity contribution is 0.299. The molecular weight excluding hydrogens is 445 g/mol. The molecule has 0 spiro atoms. The Kier molecular flexibility index (Phi) is 8.06. The van der Waals surface area contributed by atoms with Crippen LogP contribution >= 0.6 is 0 Å². The van der Waals surface area contributed by atoms with Crippen molar-refractivity contribution in [3.8, 4) is 5.75 Å². The van der Waals surface area contributed by atoms with Crippen LogP contribution in [-0.2, 0) is 12.8 Å². The zero-order valence-electron chi connectivity index (χ0n) is 21.7. The molecule has 3 aliphatic rings. The van der Waals surface area contributed by atoms with Crippen LogP contribution < -0.4 is 0 Å². The van der Waals surface area contributed by atoms with E-state index >= 15 is 0 Å². The van der Waals surface area contributed by atoms with Gasteiger partial charge in [0.25, 0.3) is 0 Å². The molecule has 2 aromatic carbocycles. The minimum absolute atomic E-state index is 0.204. The Balaban J connectivity index is 1.40. The van der Waals surface area contributed by atoms with Crippen molar-refractivity contribution in [2.75, 3.05) is 26.3 Å². The largest absolute Gasteiger partial charge is 0.508 e. The van der Waals surface area contributed by atoms with Gasteiger partial charge < -0.3 is 10.0 Å². The third kappa shape index (κ3) is 5.67.